The molecule has 3 aromatic rings. The Hall–Kier alpha value is -2.47. The maximum atomic E-state index is 13.3. The number of aryl methyl sites for hydroxylation is 1. The van der Waals surface area contributed by atoms with Gasteiger partial charge in [0.25, 0.3) is 5.56 Å². The van der Waals surface area contributed by atoms with E-state index in [4.69, 9.17) is 4.74 Å². The van der Waals surface area contributed by atoms with Crippen LogP contribution >= 0.6 is 11.3 Å². The number of carbonyl (C=O) groups is 1. The molecule has 0 saturated heterocycles. The van der Waals surface area contributed by atoms with Crippen LogP contribution in [0.25, 0.3) is 10.2 Å². The first-order valence-electron chi connectivity index (χ1n) is 11.0. The third kappa shape index (κ3) is 4.45. The second kappa shape index (κ2) is 8.58. The lowest BCUT2D eigenvalue weighted by molar-refractivity contribution is 0.0505. The minimum atomic E-state index is -0.313. The fourth-order valence-electron chi connectivity index (χ4n) is 4.27. The SMILES string of the molecule is CCCOC(=O)c1ccc(Cn2cnc3sc4c(c3c2=O)CCC(C(C)(C)C)C4)cc1. The van der Waals surface area contributed by atoms with Gasteiger partial charge in [0.05, 0.1) is 30.4 Å². The first kappa shape index (κ1) is 21.8. The Balaban J connectivity index is 1.58. The molecular weight excluding hydrogens is 408 g/mol. The summed E-state index contributed by atoms with van der Waals surface area (Å²) in [5.41, 5.74) is 2.99. The first-order chi connectivity index (χ1) is 14.8. The van der Waals surface area contributed by atoms with Crippen LogP contribution in [-0.4, -0.2) is 22.1 Å². The molecule has 0 radical (unpaired) electrons. The van der Waals surface area contributed by atoms with Crippen LogP contribution in [0.4, 0.5) is 0 Å². The Morgan fingerprint density at radius 2 is 2.00 bits per heavy atom. The summed E-state index contributed by atoms with van der Waals surface area (Å²) < 4.78 is 6.85. The van der Waals surface area contributed by atoms with Gasteiger partial charge < -0.3 is 4.74 Å². The molecule has 1 aliphatic carbocycles. The van der Waals surface area contributed by atoms with E-state index in [2.05, 4.69) is 25.8 Å². The molecule has 2 heterocycles. The fraction of sp³-hybridized carbons (Fsp3) is 0.480. The van der Waals surface area contributed by atoms with Crippen LogP contribution in [0, 0.1) is 11.3 Å². The van der Waals surface area contributed by atoms with Crippen molar-refractivity contribution in [1.29, 1.82) is 0 Å². The summed E-state index contributed by atoms with van der Waals surface area (Å²) in [6.45, 7) is 9.72. The van der Waals surface area contributed by atoms with Gasteiger partial charge in [-0.05, 0) is 60.3 Å². The fourth-order valence-corrected chi connectivity index (χ4v) is 5.53. The van der Waals surface area contributed by atoms with Crippen molar-refractivity contribution in [3.63, 3.8) is 0 Å². The van der Waals surface area contributed by atoms with E-state index in [1.807, 2.05) is 19.1 Å². The summed E-state index contributed by atoms with van der Waals surface area (Å²) in [4.78, 5) is 32.1. The van der Waals surface area contributed by atoms with Gasteiger partial charge in [-0.15, -0.1) is 11.3 Å². The molecule has 0 amide bonds. The summed E-state index contributed by atoms with van der Waals surface area (Å²) in [5.74, 6) is 0.324. The number of thiophene rings is 1. The zero-order valence-corrected chi connectivity index (χ0v) is 19.6. The molecule has 4 rings (SSSR count). The highest BCUT2D eigenvalue weighted by Gasteiger charge is 2.31. The lowest BCUT2D eigenvalue weighted by Crippen LogP contribution is -2.27. The van der Waals surface area contributed by atoms with E-state index < -0.39 is 0 Å². The van der Waals surface area contributed by atoms with Gasteiger partial charge in [0, 0.05) is 4.88 Å². The Bertz CT molecular complexity index is 1150. The Morgan fingerprint density at radius 3 is 2.68 bits per heavy atom. The van der Waals surface area contributed by atoms with Gasteiger partial charge in [-0.1, -0.05) is 39.8 Å². The molecule has 0 aliphatic heterocycles. The predicted molar refractivity (Wildman–Crippen MR) is 125 cm³/mol. The van der Waals surface area contributed by atoms with Crippen molar-refractivity contribution in [3.8, 4) is 0 Å². The number of hydrogen-bond acceptors (Lipinski definition) is 5. The molecule has 0 spiro atoms. The lowest BCUT2D eigenvalue weighted by atomic mass is 9.72. The summed E-state index contributed by atoms with van der Waals surface area (Å²) >= 11 is 1.68. The monoisotopic (exact) mass is 438 g/mol. The predicted octanol–water partition coefficient (Wildman–Crippen LogP) is 5.22. The number of esters is 1. The zero-order chi connectivity index (χ0) is 22.2. The highest BCUT2D eigenvalue weighted by atomic mass is 32.1. The molecule has 2 aromatic heterocycles. The van der Waals surface area contributed by atoms with E-state index >= 15 is 0 Å². The topological polar surface area (TPSA) is 61.2 Å². The number of fused-ring (bicyclic) bond motifs is 3. The summed E-state index contributed by atoms with van der Waals surface area (Å²) in [6.07, 6.45) is 5.55. The van der Waals surface area contributed by atoms with Gasteiger partial charge in [-0.25, -0.2) is 9.78 Å². The smallest absolute Gasteiger partial charge is 0.338 e. The van der Waals surface area contributed by atoms with Gasteiger partial charge in [0.1, 0.15) is 4.83 Å². The van der Waals surface area contributed by atoms with Crippen molar-refractivity contribution in [1.82, 2.24) is 9.55 Å². The molecule has 5 nitrogen and oxygen atoms in total. The molecule has 1 aromatic carbocycles. The van der Waals surface area contributed by atoms with E-state index in [1.54, 1.807) is 34.4 Å². The van der Waals surface area contributed by atoms with E-state index in [0.29, 0.717) is 24.6 Å². The van der Waals surface area contributed by atoms with Gasteiger partial charge >= 0.3 is 5.97 Å². The van der Waals surface area contributed by atoms with Crippen molar-refractivity contribution in [2.75, 3.05) is 6.61 Å². The van der Waals surface area contributed by atoms with Crippen LogP contribution in [0.3, 0.4) is 0 Å². The molecule has 1 unspecified atom stereocenters. The summed E-state index contributed by atoms with van der Waals surface area (Å²) in [5, 5.41) is 0.801. The first-order valence-corrected chi connectivity index (χ1v) is 11.8. The Morgan fingerprint density at radius 1 is 1.26 bits per heavy atom. The highest BCUT2D eigenvalue weighted by Crippen LogP contribution is 2.41. The van der Waals surface area contributed by atoms with Crippen molar-refractivity contribution in [2.45, 2.75) is 59.9 Å². The molecule has 1 aliphatic rings. The molecule has 0 N–H and O–H groups in total. The normalized spacial score (nSPS) is 16.3. The van der Waals surface area contributed by atoms with Crippen LogP contribution in [0.1, 0.15) is 66.9 Å². The standard InChI is InChI=1S/C25H30N2O3S/c1-5-12-30-24(29)17-8-6-16(7-9-17)14-27-15-26-22-21(23(27)28)19-11-10-18(25(2,3)4)13-20(19)31-22/h6-9,15,18H,5,10-14H2,1-4H3. The number of hydrogen-bond donors (Lipinski definition) is 0. The number of nitrogens with zero attached hydrogens (tertiary/aromatic N) is 2. The van der Waals surface area contributed by atoms with Crippen LogP contribution in [-0.2, 0) is 24.1 Å². The summed E-state index contributed by atoms with van der Waals surface area (Å²) in [6, 6.07) is 7.25. The Labute approximate surface area is 187 Å². The van der Waals surface area contributed by atoms with Crippen molar-refractivity contribution < 1.29 is 9.53 Å². The van der Waals surface area contributed by atoms with Gasteiger partial charge in [0.15, 0.2) is 0 Å². The Kier molecular flexibility index (Phi) is 6.02. The number of rotatable bonds is 5. The van der Waals surface area contributed by atoms with E-state index in [-0.39, 0.29) is 16.9 Å². The number of aromatic nitrogens is 2. The second-order valence-corrected chi connectivity index (χ2v) is 10.6. The van der Waals surface area contributed by atoms with E-state index in [1.165, 1.54) is 10.4 Å². The minimum Gasteiger partial charge on any atom is -0.462 e. The zero-order valence-electron chi connectivity index (χ0n) is 18.7. The molecule has 164 valence electrons. The van der Waals surface area contributed by atoms with Crippen LogP contribution in [0.15, 0.2) is 35.4 Å². The molecular formula is C25H30N2O3S. The van der Waals surface area contributed by atoms with Gasteiger partial charge in [-0.3, -0.25) is 9.36 Å². The van der Waals surface area contributed by atoms with Crippen molar-refractivity contribution >= 4 is 27.5 Å². The van der Waals surface area contributed by atoms with Crippen molar-refractivity contribution in [2.24, 2.45) is 11.3 Å². The molecule has 31 heavy (non-hydrogen) atoms. The summed E-state index contributed by atoms with van der Waals surface area (Å²) in [7, 11) is 0. The average Bonchev–Trinajstić information content (AvgIpc) is 3.12. The maximum Gasteiger partial charge on any atom is 0.338 e. The number of carbonyl (C=O) groups excluding carboxylic acids is 1. The molecule has 1 atom stereocenters. The second-order valence-electron chi connectivity index (χ2n) is 9.50. The van der Waals surface area contributed by atoms with Crippen molar-refractivity contribution in [3.05, 3.63) is 62.5 Å². The highest BCUT2D eigenvalue weighted by molar-refractivity contribution is 7.18. The number of benzene rings is 1. The lowest BCUT2D eigenvalue weighted by Gasteiger charge is -2.33. The third-order valence-corrected chi connectivity index (χ3v) is 7.40. The van der Waals surface area contributed by atoms with E-state index in [0.717, 1.165) is 41.5 Å². The average molecular weight is 439 g/mol. The van der Waals surface area contributed by atoms with E-state index in [9.17, 15) is 9.59 Å². The van der Waals surface area contributed by atoms with Gasteiger partial charge in [-0.2, -0.15) is 0 Å². The molecule has 6 heteroatoms. The van der Waals surface area contributed by atoms with Crippen LogP contribution in [0.2, 0.25) is 0 Å². The van der Waals surface area contributed by atoms with Crippen LogP contribution < -0.4 is 5.56 Å². The van der Waals surface area contributed by atoms with Gasteiger partial charge in [0.2, 0.25) is 0 Å². The quantitative estimate of drug-likeness (QED) is 0.512. The minimum absolute atomic E-state index is 0.0307. The molecule has 0 saturated carbocycles. The molecule has 0 bridgehead atoms. The number of ether oxygens (including phenoxy) is 1. The largest absolute Gasteiger partial charge is 0.462 e. The van der Waals surface area contributed by atoms with Crippen LogP contribution in [0.5, 0.6) is 0 Å². The maximum absolute atomic E-state index is 13.3. The third-order valence-electron chi connectivity index (χ3n) is 6.24. The molecule has 0 fully saturated rings.